The first kappa shape index (κ1) is 15.2. The number of benzene rings is 1. The molecule has 0 saturated carbocycles. The lowest BCUT2D eigenvalue weighted by Gasteiger charge is -2.35. The van der Waals surface area contributed by atoms with E-state index in [1.807, 2.05) is 11.9 Å². The minimum atomic E-state index is -0.726. The summed E-state index contributed by atoms with van der Waals surface area (Å²) in [7, 11) is 3.40. The highest BCUT2D eigenvalue weighted by molar-refractivity contribution is 5.28. The van der Waals surface area contributed by atoms with Crippen LogP contribution in [0, 0.1) is 5.82 Å². The highest BCUT2D eigenvalue weighted by Gasteiger charge is 2.31. The summed E-state index contributed by atoms with van der Waals surface area (Å²) >= 11 is 0. The molecule has 1 heterocycles. The van der Waals surface area contributed by atoms with E-state index in [4.69, 9.17) is 9.47 Å². The van der Waals surface area contributed by atoms with Gasteiger partial charge in [-0.15, -0.1) is 0 Å². The van der Waals surface area contributed by atoms with Crippen LogP contribution < -0.4 is 4.74 Å². The summed E-state index contributed by atoms with van der Waals surface area (Å²) in [6.45, 7) is 2.14. The van der Waals surface area contributed by atoms with Crippen LogP contribution >= 0.6 is 0 Å². The third kappa shape index (κ3) is 3.91. The van der Waals surface area contributed by atoms with Gasteiger partial charge < -0.3 is 14.6 Å². The first-order chi connectivity index (χ1) is 9.52. The first-order valence-electron chi connectivity index (χ1n) is 6.83. The van der Waals surface area contributed by atoms with Crippen molar-refractivity contribution >= 4 is 0 Å². The molecule has 0 bridgehead atoms. The highest BCUT2D eigenvalue weighted by atomic mass is 19.1. The molecule has 0 aliphatic carbocycles. The van der Waals surface area contributed by atoms with Crippen LogP contribution in [0.2, 0.25) is 0 Å². The fourth-order valence-electron chi connectivity index (χ4n) is 2.54. The van der Waals surface area contributed by atoms with Crippen LogP contribution in [0.3, 0.4) is 0 Å². The minimum Gasteiger partial charge on any atom is -0.497 e. The Bertz CT molecular complexity index is 447. The zero-order chi connectivity index (χ0) is 14.6. The van der Waals surface area contributed by atoms with Crippen molar-refractivity contribution in [3.05, 3.63) is 29.6 Å². The average molecular weight is 283 g/mol. The van der Waals surface area contributed by atoms with E-state index in [0.717, 1.165) is 0 Å². The summed E-state index contributed by atoms with van der Waals surface area (Å²) in [5.74, 6) is 0.229. The van der Waals surface area contributed by atoms with Crippen molar-refractivity contribution in [1.29, 1.82) is 0 Å². The van der Waals surface area contributed by atoms with Gasteiger partial charge in [0.05, 0.1) is 12.7 Å². The fourth-order valence-corrected chi connectivity index (χ4v) is 2.54. The van der Waals surface area contributed by atoms with E-state index in [1.54, 1.807) is 12.1 Å². The molecule has 4 nitrogen and oxygen atoms in total. The van der Waals surface area contributed by atoms with Crippen molar-refractivity contribution in [2.45, 2.75) is 25.0 Å². The SMILES string of the molecule is COc1ccc(CN(C)CC2(O)CCOCC2)c(F)c1. The summed E-state index contributed by atoms with van der Waals surface area (Å²) < 4.78 is 24.1. The van der Waals surface area contributed by atoms with E-state index in [0.29, 0.717) is 50.5 Å². The van der Waals surface area contributed by atoms with Gasteiger partial charge in [0.15, 0.2) is 0 Å². The van der Waals surface area contributed by atoms with Gasteiger partial charge in [0.1, 0.15) is 11.6 Å². The van der Waals surface area contributed by atoms with Crippen LogP contribution in [-0.2, 0) is 11.3 Å². The molecule has 0 radical (unpaired) electrons. The smallest absolute Gasteiger partial charge is 0.131 e. The van der Waals surface area contributed by atoms with Crippen molar-refractivity contribution in [1.82, 2.24) is 4.90 Å². The van der Waals surface area contributed by atoms with Crippen LogP contribution in [0.4, 0.5) is 4.39 Å². The number of halogens is 1. The number of rotatable bonds is 5. The van der Waals surface area contributed by atoms with Gasteiger partial charge in [0.25, 0.3) is 0 Å². The molecule has 1 aliphatic rings. The predicted octanol–water partition coefficient (Wildman–Crippen LogP) is 1.81. The summed E-state index contributed by atoms with van der Waals surface area (Å²) in [5, 5.41) is 10.4. The molecule has 1 aromatic carbocycles. The van der Waals surface area contributed by atoms with Gasteiger partial charge in [0.2, 0.25) is 0 Å². The molecular weight excluding hydrogens is 261 g/mol. The Morgan fingerprint density at radius 1 is 1.40 bits per heavy atom. The molecule has 1 aliphatic heterocycles. The Morgan fingerprint density at radius 2 is 2.10 bits per heavy atom. The van der Waals surface area contributed by atoms with Crippen molar-refractivity contribution in [3.8, 4) is 5.75 Å². The van der Waals surface area contributed by atoms with Crippen LogP contribution in [0.5, 0.6) is 5.75 Å². The topological polar surface area (TPSA) is 41.9 Å². The lowest BCUT2D eigenvalue weighted by molar-refractivity contribution is -0.0778. The normalized spacial score (nSPS) is 18.2. The van der Waals surface area contributed by atoms with Gasteiger partial charge in [-0.25, -0.2) is 4.39 Å². The number of hydrogen-bond donors (Lipinski definition) is 1. The molecule has 0 aromatic heterocycles. The summed E-state index contributed by atoms with van der Waals surface area (Å²) in [6.07, 6.45) is 1.25. The van der Waals surface area contributed by atoms with E-state index in [9.17, 15) is 9.50 Å². The molecule has 0 atom stereocenters. The monoisotopic (exact) mass is 283 g/mol. The molecule has 112 valence electrons. The third-order valence-electron chi connectivity index (χ3n) is 3.69. The van der Waals surface area contributed by atoms with Crippen LogP contribution in [0.1, 0.15) is 18.4 Å². The van der Waals surface area contributed by atoms with E-state index >= 15 is 0 Å². The minimum absolute atomic E-state index is 0.282. The number of hydrogen-bond acceptors (Lipinski definition) is 4. The summed E-state index contributed by atoms with van der Waals surface area (Å²) in [6, 6.07) is 4.85. The van der Waals surface area contributed by atoms with Gasteiger partial charge in [-0.3, -0.25) is 4.90 Å². The highest BCUT2D eigenvalue weighted by Crippen LogP contribution is 2.23. The Morgan fingerprint density at radius 3 is 2.70 bits per heavy atom. The van der Waals surface area contributed by atoms with Crippen LogP contribution in [0.25, 0.3) is 0 Å². The Labute approximate surface area is 119 Å². The number of nitrogens with zero attached hydrogens (tertiary/aromatic N) is 1. The molecule has 1 N–H and O–H groups in total. The predicted molar refractivity (Wildman–Crippen MR) is 74.3 cm³/mol. The molecule has 1 aromatic rings. The molecule has 2 rings (SSSR count). The molecular formula is C15H22FNO3. The quantitative estimate of drug-likeness (QED) is 0.895. The Balaban J connectivity index is 1.95. The van der Waals surface area contributed by atoms with Crippen molar-refractivity contribution < 1.29 is 19.0 Å². The molecule has 1 fully saturated rings. The first-order valence-corrected chi connectivity index (χ1v) is 6.83. The lowest BCUT2D eigenvalue weighted by Crippen LogP contribution is -2.45. The molecule has 1 saturated heterocycles. The van der Waals surface area contributed by atoms with Crippen LogP contribution in [-0.4, -0.2) is 49.5 Å². The van der Waals surface area contributed by atoms with Gasteiger partial charge in [-0.05, 0) is 13.1 Å². The van der Waals surface area contributed by atoms with Crippen molar-refractivity contribution in [2.75, 3.05) is 33.9 Å². The van der Waals surface area contributed by atoms with Gasteiger partial charge >= 0.3 is 0 Å². The maximum atomic E-state index is 13.9. The summed E-state index contributed by atoms with van der Waals surface area (Å²) in [4.78, 5) is 1.94. The second kappa shape index (κ2) is 6.52. The molecule has 0 unspecified atom stereocenters. The average Bonchev–Trinajstić information content (AvgIpc) is 2.41. The zero-order valence-electron chi connectivity index (χ0n) is 12.1. The molecule has 5 heteroatoms. The second-order valence-electron chi connectivity index (χ2n) is 5.47. The zero-order valence-corrected chi connectivity index (χ0v) is 12.1. The maximum absolute atomic E-state index is 13.9. The van der Waals surface area contributed by atoms with Gasteiger partial charge in [0, 0.05) is 50.8 Å². The maximum Gasteiger partial charge on any atom is 0.131 e. The Kier molecular flexibility index (Phi) is 4.96. The summed E-state index contributed by atoms with van der Waals surface area (Å²) in [5.41, 5.74) is -0.125. The number of aliphatic hydroxyl groups is 1. The fraction of sp³-hybridized carbons (Fsp3) is 0.600. The molecule has 0 amide bonds. The number of ether oxygens (including phenoxy) is 2. The lowest BCUT2D eigenvalue weighted by atomic mass is 9.94. The van der Waals surface area contributed by atoms with E-state index in [2.05, 4.69) is 0 Å². The third-order valence-corrected chi connectivity index (χ3v) is 3.69. The van der Waals surface area contributed by atoms with E-state index in [1.165, 1.54) is 13.2 Å². The van der Waals surface area contributed by atoms with Crippen LogP contribution in [0.15, 0.2) is 18.2 Å². The standard InChI is InChI=1S/C15H22FNO3/c1-17(11-15(18)5-7-20-8-6-15)10-12-3-4-13(19-2)9-14(12)16/h3-4,9,18H,5-8,10-11H2,1-2H3. The van der Waals surface area contributed by atoms with Crippen molar-refractivity contribution in [2.24, 2.45) is 0 Å². The van der Waals surface area contributed by atoms with E-state index in [-0.39, 0.29) is 5.82 Å². The van der Waals surface area contributed by atoms with Gasteiger partial charge in [-0.2, -0.15) is 0 Å². The number of methoxy groups -OCH3 is 1. The van der Waals surface area contributed by atoms with E-state index < -0.39 is 5.60 Å². The van der Waals surface area contributed by atoms with Crippen molar-refractivity contribution in [3.63, 3.8) is 0 Å². The largest absolute Gasteiger partial charge is 0.497 e. The second-order valence-corrected chi connectivity index (χ2v) is 5.47. The molecule has 20 heavy (non-hydrogen) atoms. The van der Waals surface area contributed by atoms with Gasteiger partial charge in [-0.1, -0.05) is 6.07 Å². The number of likely N-dealkylation sites (N-methyl/N-ethyl adjacent to an activating group) is 1. The Hall–Kier alpha value is -1.17. The molecule has 0 spiro atoms.